The molecule has 1 fully saturated rings. The molecule has 3 N–H and O–H groups in total. The highest BCUT2D eigenvalue weighted by molar-refractivity contribution is 7.89. The molecule has 2 rings (SSSR count). The molecule has 0 atom stereocenters. The Morgan fingerprint density at radius 1 is 1.50 bits per heavy atom. The number of aromatic amines is 1. The SMILES string of the molecule is Cc1[nH]nc(CO)c1S(=O)(=O)NN1CCOCC1. The van der Waals surface area contributed by atoms with Crippen LogP contribution in [0.3, 0.4) is 0 Å². The van der Waals surface area contributed by atoms with E-state index in [-0.39, 0.29) is 10.6 Å². The number of hydrazine groups is 1. The van der Waals surface area contributed by atoms with Gasteiger partial charge in [-0.3, -0.25) is 5.10 Å². The van der Waals surface area contributed by atoms with Gasteiger partial charge in [0.25, 0.3) is 10.0 Å². The highest BCUT2D eigenvalue weighted by atomic mass is 32.2. The van der Waals surface area contributed by atoms with E-state index in [2.05, 4.69) is 15.0 Å². The number of sulfonamides is 1. The zero-order valence-corrected chi connectivity index (χ0v) is 10.8. The molecule has 0 saturated carbocycles. The lowest BCUT2D eigenvalue weighted by atomic mass is 10.4. The largest absolute Gasteiger partial charge is 0.390 e. The lowest BCUT2D eigenvalue weighted by Gasteiger charge is -2.26. The summed E-state index contributed by atoms with van der Waals surface area (Å²) < 4.78 is 29.5. The Labute approximate surface area is 105 Å². The molecule has 18 heavy (non-hydrogen) atoms. The van der Waals surface area contributed by atoms with Gasteiger partial charge in [0, 0.05) is 13.1 Å². The minimum absolute atomic E-state index is 0.0106. The lowest BCUT2D eigenvalue weighted by Crippen LogP contribution is -2.48. The van der Waals surface area contributed by atoms with Crippen molar-refractivity contribution in [3.63, 3.8) is 0 Å². The average molecular weight is 276 g/mol. The third-order valence-corrected chi connectivity index (χ3v) is 4.22. The number of nitrogens with zero attached hydrogens (tertiary/aromatic N) is 2. The van der Waals surface area contributed by atoms with Gasteiger partial charge < -0.3 is 9.84 Å². The van der Waals surface area contributed by atoms with E-state index >= 15 is 0 Å². The second-order valence-electron chi connectivity index (χ2n) is 3.98. The van der Waals surface area contributed by atoms with Crippen LogP contribution in [0.4, 0.5) is 0 Å². The summed E-state index contributed by atoms with van der Waals surface area (Å²) in [6.45, 7) is 3.12. The first-order valence-electron chi connectivity index (χ1n) is 5.54. The Morgan fingerprint density at radius 3 is 2.78 bits per heavy atom. The summed E-state index contributed by atoms with van der Waals surface area (Å²) in [5, 5.41) is 17.0. The van der Waals surface area contributed by atoms with Crippen molar-refractivity contribution in [2.75, 3.05) is 26.3 Å². The zero-order chi connectivity index (χ0) is 13.2. The van der Waals surface area contributed by atoms with Gasteiger partial charge in [-0.15, -0.1) is 4.83 Å². The summed E-state index contributed by atoms with van der Waals surface area (Å²) >= 11 is 0. The predicted molar refractivity (Wildman–Crippen MR) is 62.0 cm³/mol. The van der Waals surface area contributed by atoms with Crippen LogP contribution in [0, 0.1) is 6.92 Å². The molecule has 8 nitrogen and oxygen atoms in total. The molecular weight excluding hydrogens is 260 g/mol. The normalized spacial score (nSPS) is 18.1. The monoisotopic (exact) mass is 276 g/mol. The van der Waals surface area contributed by atoms with Crippen LogP contribution < -0.4 is 4.83 Å². The van der Waals surface area contributed by atoms with E-state index in [1.807, 2.05) is 0 Å². The van der Waals surface area contributed by atoms with Gasteiger partial charge in [0.15, 0.2) is 0 Å². The fourth-order valence-corrected chi connectivity index (χ4v) is 3.29. The minimum atomic E-state index is -3.72. The van der Waals surface area contributed by atoms with Crippen molar-refractivity contribution < 1.29 is 18.3 Å². The summed E-state index contributed by atoms with van der Waals surface area (Å²) in [4.78, 5) is 2.48. The molecule has 0 unspecified atom stereocenters. The predicted octanol–water partition coefficient (Wildman–Crippen LogP) is -1.26. The molecule has 0 amide bonds. The van der Waals surface area contributed by atoms with Gasteiger partial charge in [-0.2, -0.15) is 5.10 Å². The number of ether oxygens (including phenoxy) is 1. The standard InChI is InChI=1S/C9H16N4O4S/c1-7-9(8(6-14)11-10-7)18(15,16)12-13-2-4-17-5-3-13/h12,14H,2-6H2,1H3,(H,10,11). The molecule has 1 aliphatic heterocycles. The van der Waals surface area contributed by atoms with Crippen molar-refractivity contribution in [3.8, 4) is 0 Å². The maximum atomic E-state index is 12.2. The summed E-state index contributed by atoms with van der Waals surface area (Å²) in [6, 6.07) is 0. The topological polar surface area (TPSA) is 108 Å². The Hall–Kier alpha value is -1.00. The number of aliphatic hydroxyl groups excluding tert-OH is 1. The van der Waals surface area contributed by atoms with Gasteiger partial charge in [0.1, 0.15) is 10.6 Å². The number of aryl methyl sites for hydroxylation is 1. The number of rotatable bonds is 4. The van der Waals surface area contributed by atoms with Crippen molar-refractivity contribution in [2.24, 2.45) is 0 Å². The molecule has 2 heterocycles. The van der Waals surface area contributed by atoms with Gasteiger partial charge in [-0.05, 0) is 6.92 Å². The number of H-pyrrole nitrogens is 1. The molecule has 0 aromatic carbocycles. The summed E-state index contributed by atoms with van der Waals surface area (Å²) in [6.07, 6.45) is 0. The number of aliphatic hydroxyl groups is 1. The lowest BCUT2D eigenvalue weighted by molar-refractivity contribution is 0.0272. The van der Waals surface area contributed by atoms with E-state index in [4.69, 9.17) is 9.84 Å². The maximum absolute atomic E-state index is 12.2. The van der Waals surface area contributed by atoms with E-state index in [0.717, 1.165) is 0 Å². The first-order valence-corrected chi connectivity index (χ1v) is 7.03. The molecule has 1 aromatic rings. The van der Waals surface area contributed by atoms with Gasteiger partial charge in [-0.1, -0.05) is 0 Å². The average Bonchev–Trinajstić information content (AvgIpc) is 2.72. The number of hydrogen-bond donors (Lipinski definition) is 3. The van der Waals surface area contributed by atoms with Crippen LogP contribution in [0.25, 0.3) is 0 Å². The van der Waals surface area contributed by atoms with Crippen molar-refractivity contribution in [1.29, 1.82) is 0 Å². The first kappa shape index (κ1) is 13.4. The highest BCUT2D eigenvalue weighted by Gasteiger charge is 2.26. The van der Waals surface area contributed by atoms with E-state index < -0.39 is 16.6 Å². The summed E-state index contributed by atoms with van der Waals surface area (Å²) in [7, 11) is -3.72. The number of morpholine rings is 1. The van der Waals surface area contributed by atoms with Gasteiger partial charge >= 0.3 is 0 Å². The smallest absolute Gasteiger partial charge is 0.257 e. The van der Waals surface area contributed by atoms with Crippen molar-refractivity contribution in [2.45, 2.75) is 18.4 Å². The number of aromatic nitrogens is 2. The van der Waals surface area contributed by atoms with Crippen LogP contribution in [0.5, 0.6) is 0 Å². The second-order valence-corrected chi connectivity index (χ2v) is 5.57. The van der Waals surface area contributed by atoms with E-state index in [9.17, 15) is 8.42 Å². The van der Waals surface area contributed by atoms with Crippen LogP contribution in [-0.4, -0.2) is 55.0 Å². The van der Waals surface area contributed by atoms with Crippen LogP contribution in [0.15, 0.2) is 4.90 Å². The van der Waals surface area contributed by atoms with Crippen LogP contribution in [-0.2, 0) is 21.4 Å². The van der Waals surface area contributed by atoms with Crippen LogP contribution >= 0.6 is 0 Å². The van der Waals surface area contributed by atoms with Crippen molar-refractivity contribution in [3.05, 3.63) is 11.4 Å². The van der Waals surface area contributed by atoms with Crippen molar-refractivity contribution >= 4 is 10.0 Å². The fraction of sp³-hybridized carbons (Fsp3) is 0.667. The summed E-state index contributed by atoms with van der Waals surface area (Å²) in [5.41, 5.74) is 0.521. The Kier molecular flexibility index (Phi) is 3.97. The fourth-order valence-electron chi connectivity index (χ4n) is 1.80. The Morgan fingerprint density at radius 2 is 2.17 bits per heavy atom. The molecule has 102 valence electrons. The quantitative estimate of drug-likeness (QED) is 0.633. The van der Waals surface area contributed by atoms with Crippen LogP contribution in [0.1, 0.15) is 11.4 Å². The Bertz CT molecular complexity index is 507. The molecular formula is C9H16N4O4S. The highest BCUT2D eigenvalue weighted by Crippen LogP contribution is 2.17. The maximum Gasteiger partial charge on any atom is 0.257 e. The molecule has 0 spiro atoms. The van der Waals surface area contributed by atoms with Gasteiger partial charge in [0.05, 0.1) is 25.5 Å². The molecule has 1 aromatic heterocycles. The third-order valence-electron chi connectivity index (χ3n) is 2.64. The number of nitrogens with one attached hydrogen (secondary N) is 2. The van der Waals surface area contributed by atoms with E-state index in [0.29, 0.717) is 32.0 Å². The number of hydrogen-bond acceptors (Lipinski definition) is 6. The zero-order valence-electron chi connectivity index (χ0n) is 10.0. The minimum Gasteiger partial charge on any atom is -0.390 e. The van der Waals surface area contributed by atoms with E-state index in [1.165, 1.54) is 0 Å². The third kappa shape index (κ3) is 2.70. The molecule has 0 bridgehead atoms. The summed E-state index contributed by atoms with van der Waals surface area (Å²) in [5.74, 6) is 0. The van der Waals surface area contributed by atoms with Crippen molar-refractivity contribution in [1.82, 2.24) is 20.0 Å². The van der Waals surface area contributed by atoms with Gasteiger partial charge in [-0.25, -0.2) is 13.4 Å². The molecule has 9 heteroatoms. The Balaban J connectivity index is 2.21. The van der Waals surface area contributed by atoms with Gasteiger partial charge in [0.2, 0.25) is 0 Å². The molecule has 0 aliphatic carbocycles. The molecule has 1 aliphatic rings. The van der Waals surface area contributed by atoms with Crippen LogP contribution in [0.2, 0.25) is 0 Å². The molecule has 0 radical (unpaired) electrons. The van der Waals surface area contributed by atoms with E-state index in [1.54, 1.807) is 11.9 Å². The first-order chi connectivity index (χ1) is 8.54. The second kappa shape index (κ2) is 5.33. The molecule has 1 saturated heterocycles.